The normalized spacial score (nSPS) is 25.9. The van der Waals surface area contributed by atoms with Crippen molar-refractivity contribution >= 4 is 23.9 Å². The van der Waals surface area contributed by atoms with Gasteiger partial charge in [-0.1, -0.05) is 6.42 Å². The van der Waals surface area contributed by atoms with Gasteiger partial charge in [0.15, 0.2) is 11.7 Å². The Morgan fingerprint density at radius 1 is 1.24 bits per heavy atom. The molecular formula is C17H30N6O6. The maximum absolute atomic E-state index is 11.9. The maximum Gasteiger partial charge on any atom is 0.407 e. The van der Waals surface area contributed by atoms with Crippen LogP contribution in [-0.2, 0) is 9.53 Å². The lowest BCUT2D eigenvalue weighted by Gasteiger charge is -2.32. The number of carbonyl (C=O) groups excluding carboxylic acids is 1. The van der Waals surface area contributed by atoms with Crippen LogP contribution in [0.1, 0.15) is 44.9 Å². The highest BCUT2D eigenvalue weighted by atomic mass is 16.5. The van der Waals surface area contributed by atoms with Crippen molar-refractivity contribution < 1.29 is 29.6 Å². The predicted molar refractivity (Wildman–Crippen MR) is 104 cm³/mol. The highest BCUT2D eigenvalue weighted by Crippen LogP contribution is 2.27. The topological polar surface area (TPSA) is 205 Å². The molecule has 0 aromatic heterocycles. The summed E-state index contributed by atoms with van der Waals surface area (Å²) in [6, 6.07) is -2.36. The van der Waals surface area contributed by atoms with Gasteiger partial charge < -0.3 is 42.2 Å². The van der Waals surface area contributed by atoms with Crippen molar-refractivity contribution in [3.63, 3.8) is 0 Å². The summed E-state index contributed by atoms with van der Waals surface area (Å²) in [6.07, 6.45) is 2.14. The molecule has 3 unspecified atom stereocenters. The number of carboxylic acids is 1. The fourth-order valence-corrected chi connectivity index (χ4v) is 3.37. The quantitative estimate of drug-likeness (QED) is 0.184. The van der Waals surface area contributed by atoms with Crippen molar-refractivity contribution in [2.75, 3.05) is 13.2 Å². The van der Waals surface area contributed by atoms with Crippen LogP contribution in [0, 0.1) is 0 Å². The predicted octanol–water partition coefficient (Wildman–Crippen LogP) is -1.40. The van der Waals surface area contributed by atoms with Crippen molar-refractivity contribution in [3.05, 3.63) is 0 Å². The number of nitrogens with two attached hydrogens (primary N) is 2. The molecule has 1 amide bonds. The van der Waals surface area contributed by atoms with Gasteiger partial charge in [0, 0.05) is 25.8 Å². The number of carbonyl (C=O) groups is 2. The van der Waals surface area contributed by atoms with Crippen molar-refractivity contribution in [2.24, 2.45) is 21.5 Å². The Morgan fingerprint density at radius 2 is 2.00 bits per heavy atom. The molecule has 2 rings (SSSR count). The summed E-state index contributed by atoms with van der Waals surface area (Å²) in [5.41, 5.74) is 11.6. The monoisotopic (exact) mass is 414 g/mol. The largest absolute Gasteiger partial charge is 0.481 e. The number of unbranched alkanes of at least 4 members (excludes halogenated alkanes) is 2. The van der Waals surface area contributed by atoms with Gasteiger partial charge in [-0.25, -0.2) is 9.79 Å². The van der Waals surface area contributed by atoms with E-state index in [1.165, 1.54) is 0 Å². The Hall–Kier alpha value is -2.60. The Labute approximate surface area is 168 Å². The summed E-state index contributed by atoms with van der Waals surface area (Å²) in [4.78, 5) is 30.8. The number of aliphatic carboxylic acids is 1. The number of nitrogens with zero attached hydrogens (tertiary/aromatic N) is 2. The van der Waals surface area contributed by atoms with Gasteiger partial charge in [-0.2, -0.15) is 0 Å². The molecule has 0 saturated carbocycles. The molecule has 0 spiro atoms. The number of aliphatic hydroxyl groups is 2. The minimum absolute atomic E-state index is 0.0534. The molecule has 0 aromatic carbocycles. The van der Waals surface area contributed by atoms with E-state index in [9.17, 15) is 19.8 Å². The van der Waals surface area contributed by atoms with Crippen molar-refractivity contribution in [1.82, 2.24) is 10.6 Å². The minimum atomic E-state index is -2.09. The molecule has 164 valence electrons. The number of aliphatic imine (C=N–C) groups is 2. The van der Waals surface area contributed by atoms with Gasteiger partial charge in [-0.15, -0.1) is 0 Å². The maximum atomic E-state index is 11.9. The summed E-state index contributed by atoms with van der Waals surface area (Å²) in [6.45, 7) is 0.198. The van der Waals surface area contributed by atoms with Crippen LogP contribution < -0.4 is 22.1 Å². The van der Waals surface area contributed by atoms with E-state index in [1.807, 2.05) is 0 Å². The smallest absolute Gasteiger partial charge is 0.407 e. The Bertz CT molecular complexity index is 652. The summed E-state index contributed by atoms with van der Waals surface area (Å²) >= 11 is 0. The van der Waals surface area contributed by atoms with Crippen molar-refractivity contribution in [1.29, 1.82) is 0 Å². The van der Waals surface area contributed by atoms with Crippen LogP contribution in [0.3, 0.4) is 0 Å². The second-order valence-electron chi connectivity index (χ2n) is 7.28. The van der Waals surface area contributed by atoms with Gasteiger partial charge in [0.05, 0.1) is 11.9 Å². The number of nitrogens with one attached hydrogen (secondary N) is 2. The number of amidine groups is 1. The van der Waals surface area contributed by atoms with E-state index in [2.05, 4.69) is 20.6 Å². The summed E-state index contributed by atoms with van der Waals surface area (Å²) in [5.74, 6) is -2.56. The average molecular weight is 414 g/mol. The van der Waals surface area contributed by atoms with E-state index in [-0.39, 0.29) is 25.4 Å². The van der Waals surface area contributed by atoms with Crippen LogP contribution in [0.25, 0.3) is 0 Å². The molecule has 2 heterocycles. The van der Waals surface area contributed by atoms with Gasteiger partial charge in [0.2, 0.25) is 0 Å². The van der Waals surface area contributed by atoms with Crippen molar-refractivity contribution in [3.8, 4) is 0 Å². The number of carboxylic acid groups (broad SMARTS) is 1. The molecule has 12 nitrogen and oxygen atoms in total. The van der Waals surface area contributed by atoms with Gasteiger partial charge in [0.25, 0.3) is 0 Å². The third-order valence-corrected chi connectivity index (χ3v) is 4.85. The number of alkyl carbamates (subject to hydrolysis) is 1. The minimum Gasteiger partial charge on any atom is -0.481 e. The number of hydrogen-bond acceptors (Lipinski definition) is 10. The third kappa shape index (κ3) is 7.06. The van der Waals surface area contributed by atoms with E-state index in [0.717, 1.165) is 0 Å². The number of rotatable bonds is 8. The van der Waals surface area contributed by atoms with E-state index in [4.69, 9.17) is 21.3 Å². The van der Waals surface area contributed by atoms with Gasteiger partial charge in [-0.3, -0.25) is 9.79 Å². The summed E-state index contributed by atoms with van der Waals surface area (Å²) in [5, 5.41) is 34.8. The van der Waals surface area contributed by atoms with E-state index in [1.54, 1.807) is 0 Å². The first kappa shape index (κ1) is 22.7. The number of hydrogen-bond donors (Lipinski definition) is 7. The lowest BCUT2D eigenvalue weighted by atomic mass is 9.92. The van der Waals surface area contributed by atoms with Crippen LogP contribution in [-0.4, -0.2) is 76.2 Å². The molecule has 0 bridgehead atoms. The van der Waals surface area contributed by atoms with E-state index in [0.29, 0.717) is 44.5 Å². The molecule has 0 radical (unpaired) electrons. The van der Waals surface area contributed by atoms with Gasteiger partial charge >= 0.3 is 12.1 Å². The highest BCUT2D eigenvalue weighted by molar-refractivity contribution is 5.82. The standard InChI is InChI=1S/C17H30N6O6/c18-11-5-4-7-17(27,28)14-13(22-15(19)23-14)10(21-11)9-29-16(26)20-8-3-1-2-6-12(24)25/h10,13-14,27-28H,1-9H2,(H2,18,21)(H,20,26)(H,24,25)(H3,19,22,23). The van der Waals surface area contributed by atoms with Crippen LogP contribution in [0.5, 0.6) is 0 Å². The number of fused-ring (bicyclic) bond motifs is 1. The highest BCUT2D eigenvalue weighted by Gasteiger charge is 2.47. The molecule has 29 heavy (non-hydrogen) atoms. The lowest BCUT2D eigenvalue weighted by molar-refractivity contribution is -0.184. The first-order chi connectivity index (χ1) is 13.7. The second-order valence-corrected chi connectivity index (χ2v) is 7.28. The first-order valence-corrected chi connectivity index (χ1v) is 9.68. The second kappa shape index (κ2) is 10.3. The molecule has 12 heteroatoms. The summed E-state index contributed by atoms with van der Waals surface area (Å²) in [7, 11) is 0. The van der Waals surface area contributed by atoms with Crippen LogP contribution in [0.15, 0.2) is 9.98 Å². The Morgan fingerprint density at radius 3 is 2.72 bits per heavy atom. The number of amides is 1. The molecule has 9 N–H and O–H groups in total. The molecule has 0 aliphatic carbocycles. The van der Waals surface area contributed by atoms with Crippen molar-refractivity contribution in [2.45, 2.75) is 68.9 Å². The number of ether oxygens (including phenoxy) is 1. The number of guanidine groups is 1. The fourth-order valence-electron chi connectivity index (χ4n) is 3.37. The molecular weight excluding hydrogens is 384 g/mol. The molecule has 0 fully saturated rings. The SMILES string of the molecule is NC1=NC(COC(=O)NCCCCCC(=O)O)C2NC(N)=NC2C(O)(O)CCC1. The molecule has 0 saturated heterocycles. The lowest BCUT2D eigenvalue weighted by Crippen LogP contribution is -2.55. The van der Waals surface area contributed by atoms with Crippen LogP contribution in [0.4, 0.5) is 4.79 Å². The molecule has 3 atom stereocenters. The molecule has 0 aromatic rings. The zero-order valence-electron chi connectivity index (χ0n) is 16.2. The third-order valence-electron chi connectivity index (χ3n) is 4.85. The Balaban J connectivity index is 1.88. The average Bonchev–Trinajstić information content (AvgIpc) is 3.04. The first-order valence-electron chi connectivity index (χ1n) is 9.68. The molecule has 2 aliphatic heterocycles. The fraction of sp³-hybridized carbons (Fsp3) is 0.765. The molecule has 2 aliphatic rings. The zero-order chi connectivity index (χ0) is 21.4. The van der Waals surface area contributed by atoms with E-state index >= 15 is 0 Å². The van der Waals surface area contributed by atoms with Crippen LogP contribution in [0.2, 0.25) is 0 Å². The van der Waals surface area contributed by atoms with E-state index < -0.39 is 36.0 Å². The summed E-state index contributed by atoms with van der Waals surface area (Å²) < 4.78 is 5.22. The Kier molecular flexibility index (Phi) is 8.02. The zero-order valence-corrected chi connectivity index (χ0v) is 16.2. The van der Waals surface area contributed by atoms with Gasteiger partial charge in [0.1, 0.15) is 18.7 Å². The van der Waals surface area contributed by atoms with Gasteiger partial charge in [-0.05, 0) is 19.3 Å². The van der Waals surface area contributed by atoms with Crippen LogP contribution >= 0.6 is 0 Å².